The molecule has 0 radical (unpaired) electrons. The highest BCUT2D eigenvalue weighted by Crippen LogP contribution is 2.28. The predicted octanol–water partition coefficient (Wildman–Crippen LogP) is 3.51. The highest BCUT2D eigenvalue weighted by molar-refractivity contribution is 9.10. The van der Waals surface area contributed by atoms with Gasteiger partial charge < -0.3 is 14.5 Å². The van der Waals surface area contributed by atoms with Gasteiger partial charge in [0, 0.05) is 12.0 Å². The van der Waals surface area contributed by atoms with Crippen LogP contribution in [0.2, 0.25) is 0 Å². The molecule has 0 amide bonds. The van der Waals surface area contributed by atoms with E-state index in [0.717, 1.165) is 41.4 Å². The molecular weight excluding hydrogens is 315 g/mol. The SMILES string of the molecule is Fc1cnc2[nH]c(COC3CCCCO3)c(Br)c2c1. The second kappa shape index (κ2) is 5.56. The van der Waals surface area contributed by atoms with Crippen molar-refractivity contribution in [2.45, 2.75) is 32.2 Å². The van der Waals surface area contributed by atoms with E-state index < -0.39 is 0 Å². The largest absolute Gasteiger partial charge is 0.353 e. The van der Waals surface area contributed by atoms with E-state index in [1.54, 1.807) is 0 Å². The molecule has 2 aromatic rings. The second-order valence-electron chi connectivity index (χ2n) is 4.57. The van der Waals surface area contributed by atoms with Crippen molar-refractivity contribution in [2.24, 2.45) is 0 Å². The number of fused-ring (bicyclic) bond motifs is 1. The van der Waals surface area contributed by atoms with Gasteiger partial charge in [-0.25, -0.2) is 9.37 Å². The van der Waals surface area contributed by atoms with Gasteiger partial charge in [0.1, 0.15) is 11.5 Å². The monoisotopic (exact) mass is 328 g/mol. The average molecular weight is 329 g/mol. The molecule has 19 heavy (non-hydrogen) atoms. The quantitative estimate of drug-likeness (QED) is 0.937. The number of ether oxygens (including phenoxy) is 2. The number of nitrogens with zero attached hydrogens (tertiary/aromatic N) is 1. The number of rotatable bonds is 3. The standard InChI is InChI=1S/C13H14BrFN2O2/c14-12-9-5-8(15)6-16-13(9)17-10(12)7-19-11-3-1-2-4-18-11/h5-6,11H,1-4,7H2,(H,16,17). The van der Waals surface area contributed by atoms with Crippen LogP contribution in [0.5, 0.6) is 0 Å². The van der Waals surface area contributed by atoms with Gasteiger partial charge in [0.2, 0.25) is 0 Å². The van der Waals surface area contributed by atoms with Crippen LogP contribution in [-0.4, -0.2) is 22.9 Å². The van der Waals surface area contributed by atoms with Gasteiger partial charge in [0.05, 0.1) is 23.0 Å². The summed E-state index contributed by atoms with van der Waals surface area (Å²) >= 11 is 3.45. The van der Waals surface area contributed by atoms with Gasteiger partial charge in [-0.15, -0.1) is 0 Å². The normalized spacial score (nSPS) is 20.0. The zero-order valence-corrected chi connectivity index (χ0v) is 11.9. The van der Waals surface area contributed by atoms with E-state index in [2.05, 4.69) is 25.9 Å². The lowest BCUT2D eigenvalue weighted by Gasteiger charge is -2.22. The molecule has 0 spiro atoms. The van der Waals surface area contributed by atoms with E-state index in [1.165, 1.54) is 12.3 Å². The summed E-state index contributed by atoms with van der Waals surface area (Å²) in [6.45, 7) is 1.15. The van der Waals surface area contributed by atoms with Gasteiger partial charge in [0.25, 0.3) is 0 Å². The molecule has 2 aromatic heterocycles. The smallest absolute Gasteiger partial charge is 0.158 e. The van der Waals surface area contributed by atoms with Crippen LogP contribution in [0.25, 0.3) is 11.0 Å². The molecule has 1 saturated heterocycles. The first kappa shape index (κ1) is 13.0. The lowest BCUT2D eigenvalue weighted by atomic mass is 10.2. The molecular formula is C13H14BrFN2O2. The van der Waals surface area contributed by atoms with Gasteiger partial charge in [-0.3, -0.25) is 0 Å². The van der Waals surface area contributed by atoms with Crippen LogP contribution in [0.15, 0.2) is 16.7 Å². The Morgan fingerprint density at radius 1 is 1.53 bits per heavy atom. The summed E-state index contributed by atoms with van der Waals surface area (Å²) in [5.74, 6) is -0.352. The Morgan fingerprint density at radius 3 is 3.21 bits per heavy atom. The molecule has 0 bridgehead atoms. The minimum Gasteiger partial charge on any atom is -0.353 e. The molecule has 1 aliphatic heterocycles. The number of H-pyrrole nitrogens is 1. The molecule has 1 N–H and O–H groups in total. The van der Waals surface area contributed by atoms with Crippen LogP contribution in [0.4, 0.5) is 4.39 Å². The zero-order valence-electron chi connectivity index (χ0n) is 10.3. The van der Waals surface area contributed by atoms with Crippen molar-refractivity contribution in [3.8, 4) is 0 Å². The molecule has 3 heterocycles. The molecule has 3 rings (SSSR count). The topological polar surface area (TPSA) is 47.1 Å². The Balaban J connectivity index is 1.75. The lowest BCUT2D eigenvalue weighted by molar-refractivity contribution is -0.169. The van der Waals surface area contributed by atoms with Crippen LogP contribution in [0.3, 0.4) is 0 Å². The highest BCUT2D eigenvalue weighted by Gasteiger charge is 2.16. The van der Waals surface area contributed by atoms with E-state index >= 15 is 0 Å². The van der Waals surface area contributed by atoms with Gasteiger partial charge >= 0.3 is 0 Å². The third-order valence-corrected chi connectivity index (χ3v) is 4.08. The minimum absolute atomic E-state index is 0.142. The van der Waals surface area contributed by atoms with Crippen LogP contribution < -0.4 is 0 Å². The summed E-state index contributed by atoms with van der Waals surface area (Å²) in [6, 6.07) is 1.45. The molecule has 1 atom stereocenters. The molecule has 1 fully saturated rings. The van der Waals surface area contributed by atoms with E-state index in [-0.39, 0.29) is 12.1 Å². The van der Waals surface area contributed by atoms with E-state index in [4.69, 9.17) is 9.47 Å². The first-order valence-corrected chi connectivity index (χ1v) is 7.08. The van der Waals surface area contributed by atoms with Crippen molar-refractivity contribution >= 4 is 27.0 Å². The summed E-state index contributed by atoms with van der Waals surface area (Å²) in [5, 5.41) is 0.725. The van der Waals surface area contributed by atoms with Crippen molar-refractivity contribution in [1.82, 2.24) is 9.97 Å². The van der Waals surface area contributed by atoms with Crippen LogP contribution in [0.1, 0.15) is 25.0 Å². The Hall–Kier alpha value is -0.980. The number of aromatic nitrogens is 2. The Labute approximate surface area is 118 Å². The molecule has 0 aliphatic carbocycles. The van der Waals surface area contributed by atoms with Gasteiger partial charge in [-0.05, 0) is 41.3 Å². The molecule has 0 saturated carbocycles. The van der Waals surface area contributed by atoms with Crippen molar-refractivity contribution in [3.63, 3.8) is 0 Å². The summed E-state index contributed by atoms with van der Waals surface area (Å²) in [7, 11) is 0. The molecule has 102 valence electrons. The lowest BCUT2D eigenvalue weighted by Crippen LogP contribution is -2.22. The number of hydrogen-bond donors (Lipinski definition) is 1. The number of aromatic amines is 1. The van der Waals surface area contributed by atoms with Crippen molar-refractivity contribution in [3.05, 3.63) is 28.2 Å². The fourth-order valence-electron chi connectivity index (χ4n) is 2.18. The summed E-state index contributed by atoms with van der Waals surface area (Å²) < 4.78 is 25.2. The van der Waals surface area contributed by atoms with Crippen molar-refractivity contribution in [2.75, 3.05) is 6.61 Å². The summed E-state index contributed by atoms with van der Waals surface area (Å²) in [5.41, 5.74) is 1.50. The fraction of sp³-hybridized carbons (Fsp3) is 0.462. The summed E-state index contributed by atoms with van der Waals surface area (Å²) in [6.07, 6.45) is 4.20. The second-order valence-corrected chi connectivity index (χ2v) is 5.37. The summed E-state index contributed by atoms with van der Waals surface area (Å²) in [4.78, 5) is 7.14. The Morgan fingerprint density at radius 2 is 2.42 bits per heavy atom. The van der Waals surface area contributed by atoms with Crippen molar-refractivity contribution < 1.29 is 13.9 Å². The maximum Gasteiger partial charge on any atom is 0.158 e. The molecule has 4 nitrogen and oxygen atoms in total. The zero-order chi connectivity index (χ0) is 13.2. The third-order valence-electron chi connectivity index (χ3n) is 3.18. The maximum atomic E-state index is 13.2. The van der Waals surface area contributed by atoms with Crippen molar-refractivity contribution in [1.29, 1.82) is 0 Å². The van der Waals surface area contributed by atoms with Gasteiger partial charge in [0.15, 0.2) is 6.29 Å². The molecule has 1 aliphatic rings. The number of pyridine rings is 1. The van der Waals surface area contributed by atoms with Crippen LogP contribution in [-0.2, 0) is 16.1 Å². The molecule has 1 unspecified atom stereocenters. The van der Waals surface area contributed by atoms with E-state index in [9.17, 15) is 4.39 Å². The predicted molar refractivity (Wildman–Crippen MR) is 72.1 cm³/mol. The minimum atomic E-state index is -0.352. The molecule has 0 aromatic carbocycles. The van der Waals surface area contributed by atoms with E-state index in [0.29, 0.717) is 12.3 Å². The first-order valence-electron chi connectivity index (χ1n) is 6.29. The first-order chi connectivity index (χ1) is 9.24. The Kier molecular flexibility index (Phi) is 3.81. The molecule has 6 heteroatoms. The van der Waals surface area contributed by atoms with Crippen LogP contribution in [0, 0.1) is 5.82 Å². The highest BCUT2D eigenvalue weighted by atomic mass is 79.9. The number of halogens is 2. The maximum absolute atomic E-state index is 13.2. The average Bonchev–Trinajstić information content (AvgIpc) is 2.74. The number of hydrogen-bond acceptors (Lipinski definition) is 3. The fourth-order valence-corrected chi connectivity index (χ4v) is 2.70. The Bertz CT molecular complexity index is 581. The third kappa shape index (κ3) is 2.80. The van der Waals surface area contributed by atoms with Crippen LogP contribution >= 0.6 is 15.9 Å². The van der Waals surface area contributed by atoms with Gasteiger partial charge in [-0.1, -0.05) is 0 Å². The number of nitrogens with one attached hydrogen (secondary N) is 1. The van der Waals surface area contributed by atoms with E-state index in [1.807, 2.05) is 0 Å². The van der Waals surface area contributed by atoms with Gasteiger partial charge in [-0.2, -0.15) is 0 Å².